The molecular formula is C16H17NO5S. The van der Waals surface area contributed by atoms with Crippen molar-refractivity contribution < 1.29 is 22.6 Å². The third-order valence-electron chi connectivity index (χ3n) is 3.60. The number of benzene rings is 2. The summed E-state index contributed by atoms with van der Waals surface area (Å²) in [6.07, 6.45) is 0. The van der Waals surface area contributed by atoms with Gasteiger partial charge in [-0.3, -0.25) is 0 Å². The van der Waals surface area contributed by atoms with Crippen molar-refractivity contribution in [2.75, 3.05) is 13.9 Å². The number of hydrogen-bond donors (Lipinski definition) is 1. The van der Waals surface area contributed by atoms with E-state index in [-0.39, 0.29) is 11.7 Å². The lowest BCUT2D eigenvalue weighted by Crippen LogP contribution is -2.26. The molecule has 1 heterocycles. The Morgan fingerprint density at radius 3 is 2.48 bits per heavy atom. The first-order valence-electron chi connectivity index (χ1n) is 7.05. The highest BCUT2D eigenvalue weighted by atomic mass is 32.2. The highest BCUT2D eigenvalue weighted by Gasteiger charge is 2.21. The summed E-state index contributed by atoms with van der Waals surface area (Å²) in [5, 5.41) is 0. The van der Waals surface area contributed by atoms with Gasteiger partial charge in [-0.15, -0.1) is 0 Å². The normalized spacial score (nSPS) is 14.5. The summed E-state index contributed by atoms with van der Waals surface area (Å²) in [6.45, 7) is 1.96. The van der Waals surface area contributed by atoms with E-state index in [2.05, 4.69) is 4.72 Å². The quantitative estimate of drug-likeness (QED) is 0.908. The molecule has 0 fully saturated rings. The standard InChI is InChI=1S/C16H17NO5S/c1-11(12-3-8-15-16(9-12)22-10-21-15)17-23(18,19)14-6-4-13(20-2)5-7-14/h3-9,11,17H,10H2,1-2H3/t11-/m1/s1. The van der Waals surface area contributed by atoms with Crippen molar-refractivity contribution >= 4 is 10.0 Å². The van der Waals surface area contributed by atoms with Crippen molar-refractivity contribution in [2.24, 2.45) is 0 Å². The van der Waals surface area contributed by atoms with Crippen LogP contribution < -0.4 is 18.9 Å². The average molecular weight is 335 g/mol. The summed E-state index contributed by atoms with van der Waals surface area (Å²) in [4.78, 5) is 0.186. The molecule has 0 aromatic heterocycles. The van der Waals surface area contributed by atoms with E-state index < -0.39 is 16.1 Å². The fraction of sp³-hybridized carbons (Fsp3) is 0.250. The van der Waals surface area contributed by atoms with Crippen LogP contribution in [0, 0.1) is 0 Å². The summed E-state index contributed by atoms with van der Waals surface area (Å²) in [7, 11) is -2.09. The average Bonchev–Trinajstić information content (AvgIpc) is 3.02. The lowest BCUT2D eigenvalue weighted by Gasteiger charge is -2.15. The predicted molar refractivity (Wildman–Crippen MR) is 84.3 cm³/mol. The van der Waals surface area contributed by atoms with Crippen LogP contribution in [0.2, 0.25) is 0 Å². The Labute approximate surface area is 135 Å². The number of hydrogen-bond acceptors (Lipinski definition) is 5. The maximum Gasteiger partial charge on any atom is 0.241 e. The molecule has 0 aliphatic carbocycles. The molecule has 122 valence electrons. The molecule has 0 radical (unpaired) electrons. The van der Waals surface area contributed by atoms with E-state index in [1.165, 1.54) is 19.2 Å². The molecule has 1 N–H and O–H groups in total. The van der Waals surface area contributed by atoms with Crippen LogP contribution >= 0.6 is 0 Å². The van der Waals surface area contributed by atoms with E-state index in [4.69, 9.17) is 14.2 Å². The number of nitrogens with one attached hydrogen (secondary N) is 1. The Balaban J connectivity index is 1.79. The molecule has 23 heavy (non-hydrogen) atoms. The first kappa shape index (κ1) is 15.6. The van der Waals surface area contributed by atoms with Gasteiger partial charge in [0.15, 0.2) is 11.5 Å². The van der Waals surface area contributed by atoms with Crippen LogP contribution in [-0.4, -0.2) is 22.3 Å². The van der Waals surface area contributed by atoms with Crippen molar-refractivity contribution in [1.82, 2.24) is 4.72 Å². The van der Waals surface area contributed by atoms with Gasteiger partial charge < -0.3 is 14.2 Å². The van der Waals surface area contributed by atoms with Gasteiger partial charge in [-0.2, -0.15) is 0 Å². The molecule has 1 aliphatic heterocycles. The molecule has 1 aliphatic rings. The molecule has 0 saturated carbocycles. The van der Waals surface area contributed by atoms with Crippen molar-refractivity contribution in [3.63, 3.8) is 0 Å². The fourth-order valence-electron chi connectivity index (χ4n) is 2.31. The van der Waals surface area contributed by atoms with E-state index in [1.807, 2.05) is 6.07 Å². The zero-order valence-corrected chi connectivity index (χ0v) is 13.6. The van der Waals surface area contributed by atoms with Crippen LogP contribution in [0.4, 0.5) is 0 Å². The van der Waals surface area contributed by atoms with Crippen LogP contribution in [0.3, 0.4) is 0 Å². The highest BCUT2D eigenvalue weighted by molar-refractivity contribution is 7.89. The number of rotatable bonds is 5. The molecule has 7 heteroatoms. The molecule has 0 spiro atoms. The molecule has 2 aromatic rings. The maximum absolute atomic E-state index is 12.4. The predicted octanol–water partition coefficient (Wildman–Crippen LogP) is 2.46. The summed E-state index contributed by atoms with van der Waals surface area (Å²) in [6, 6.07) is 11.2. The van der Waals surface area contributed by atoms with E-state index in [1.54, 1.807) is 31.2 Å². The Morgan fingerprint density at radius 2 is 1.78 bits per heavy atom. The molecule has 1 atom stereocenters. The zero-order chi connectivity index (χ0) is 16.4. The van der Waals surface area contributed by atoms with Crippen LogP contribution in [0.25, 0.3) is 0 Å². The minimum atomic E-state index is -3.62. The monoisotopic (exact) mass is 335 g/mol. The third-order valence-corrected chi connectivity index (χ3v) is 5.15. The SMILES string of the molecule is COc1ccc(S(=O)(=O)N[C@H](C)c2ccc3c(c2)OCO3)cc1. The minimum absolute atomic E-state index is 0.185. The first-order chi connectivity index (χ1) is 11.0. The molecule has 0 unspecified atom stereocenters. The van der Waals surface area contributed by atoms with Crippen molar-refractivity contribution in [1.29, 1.82) is 0 Å². The molecule has 0 saturated heterocycles. The molecule has 2 aromatic carbocycles. The van der Waals surface area contributed by atoms with Gasteiger partial charge >= 0.3 is 0 Å². The van der Waals surface area contributed by atoms with Gasteiger partial charge in [0.2, 0.25) is 16.8 Å². The summed E-state index contributed by atoms with van der Waals surface area (Å²) >= 11 is 0. The van der Waals surface area contributed by atoms with E-state index in [9.17, 15) is 8.42 Å². The van der Waals surface area contributed by atoms with E-state index in [0.29, 0.717) is 17.2 Å². The topological polar surface area (TPSA) is 73.9 Å². The lowest BCUT2D eigenvalue weighted by atomic mass is 10.1. The first-order valence-corrected chi connectivity index (χ1v) is 8.54. The Morgan fingerprint density at radius 1 is 1.09 bits per heavy atom. The second kappa shape index (κ2) is 6.10. The number of fused-ring (bicyclic) bond motifs is 1. The summed E-state index contributed by atoms with van der Waals surface area (Å²) < 4.78 is 43.1. The Kier molecular flexibility index (Phi) is 4.14. The van der Waals surface area contributed by atoms with E-state index >= 15 is 0 Å². The lowest BCUT2D eigenvalue weighted by molar-refractivity contribution is 0.174. The van der Waals surface area contributed by atoms with Gasteiger partial charge in [-0.25, -0.2) is 13.1 Å². The fourth-order valence-corrected chi connectivity index (χ4v) is 3.54. The van der Waals surface area contributed by atoms with Gasteiger partial charge in [-0.05, 0) is 48.9 Å². The molecule has 3 rings (SSSR count). The van der Waals surface area contributed by atoms with Gasteiger partial charge in [0.1, 0.15) is 5.75 Å². The Bertz CT molecular complexity index is 802. The van der Waals surface area contributed by atoms with Gasteiger partial charge in [0, 0.05) is 6.04 Å². The van der Waals surface area contributed by atoms with Crippen molar-refractivity contribution in [3.8, 4) is 17.2 Å². The Hall–Kier alpha value is -2.25. The smallest absolute Gasteiger partial charge is 0.241 e. The summed E-state index contributed by atoms with van der Waals surface area (Å²) in [5.41, 5.74) is 0.798. The second-order valence-corrected chi connectivity index (χ2v) is 6.85. The van der Waals surface area contributed by atoms with Crippen LogP contribution in [0.1, 0.15) is 18.5 Å². The van der Waals surface area contributed by atoms with Gasteiger partial charge in [0.25, 0.3) is 0 Å². The van der Waals surface area contributed by atoms with Crippen molar-refractivity contribution in [2.45, 2.75) is 17.9 Å². The number of sulfonamides is 1. The van der Waals surface area contributed by atoms with Crippen LogP contribution in [0.5, 0.6) is 17.2 Å². The van der Waals surface area contributed by atoms with Gasteiger partial charge in [0.05, 0.1) is 12.0 Å². The molecular weight excluding hydrogens is 318 g/mol. The van der Waals surface area contributed by atoms with E-state index in [0.717, 1.165) is 5.56 Å². The van der Waals surface area contributed by atoms with Crippen LogP contribution in [-0.2, 0) is 10.0 Å². The number of methoxy groups -OCH3 is 1. The second-order valence-electron chi connectivity index (χ2n) is 5.13. The molecule has 0 bridgehead atoms. The summed E-state index contributed by atoms with van der Waals surface area (Å²) in [5.74, 6) is 1.89. The largest absolute Gasteiger partial charge is 0.497 e. The maximum atomic E-state index is 12.4. The molecule has 0 amide bonds. The van der Waals surface area contributed by atoms with Crippen LogP contribution in [0.15, 0.2) is 47.4 Å². The highest BCUT2D eigenvalue weighted by Crippen LogP contribution is 2.34. The van der Waals surface area contributed by atoms with Gasteiger partial charge in [-0.1, -0.05) is 6.07 Å². The third kappa shape index (κ3) is 3.25. The zero-order valence-electron chi connectivity index (χ0n) is 12.8. The van der Waals surface area contributed by atoms with Crippen molar-refractivity contribution in [3.05, 3.63) is 48.0 Å². The number of ether oxygens (including phenoxy) is 3. The minimum Gasteiger partial charge on any atom is -0.497 e. The molecule has 6 nitrogen and oxygen atoms in total.